The molecular weight excluding hydrogens is 471 g/mol. The number of thiazole rings is 1. The van der Waals surface area contributed by atoms with Crippen molar-refractivity contribution in [3.63, 3.8) is 0 Å². The zero-order valence-corrected chi connectivity index (χ0v) is 19.5. The average Bonchev–Trinajstić information content (AvgIpc) is 3.10. The molecule has 3 rings (SSSR count). The van der Waals surface area contributed by atoms with Gasteiger partial charge in [0.15, 0.2) is 5.96 Å². The lowest BCUT2D eigenvalue weighted by molar-refractivity contribution is 0.0625. The highest BCUT2D eigenvalue weighted by Gasteiger charge is 2.15. The van der Waals surface area contributed by atoms with Gasteiger partial charge in [0.05, 0.1) is 15.2 Å². The molecule has 5 nitrogen and oxygen atoms in total. The summed E-state index contributed by atoms with van der Waals surface area (Å²) in [6, 6.07) is 8.35. The van der Waals surface area contributed by atoms with Gasteiger partial charge in [-0.1, -0.05) is 12.1 Å². The molecular formula is C20H31IN4OS. The van der Waals surface area contributed by atoms with Crippen molar-refractivity contribution in [2.24, 2.45) is 10.9 Å². The number of hydrogen-bond acceptors (Lipinski definition) is 4. The van der Waals surface area contributed by atoms with E-state index in [1.807, 2.05) is 13.1 Å². The van der Waals surface area contributed by atoms with Crippen molar-refractivity contribution < 1.29 is 4.74 Å². The minimum atomic E-state index is 0. The van der Waals surface area contributed by atoms with Crippen LogP contribution in [-0.4, -0.2) is 56.2 Å². The Morgan fingerprint density at radius 2 is 2.11 bits per heavy atom. The molecule has 7 heteroatoms. The van der Waals surface area contributed by atoms with E-state index in [-0.39, 0.29) is 24.0 Å². The lowest BCUT2D eigenvalue weighted by Crippen LogP contribution is -2.40. The number of benzene rings is 1. The summed E-state index contributed by atoms with van der Waals surface area (Å²) in [6.45, 7) is 3.81. The summed E-state index contributed by atoms with van der Waals surface area (Å²) in [5.74, 6) is 1.78. The van der Waals surface area contributed by atoms with Gasteiger partial charge in [0.1, 0.15) is 0 Å². The normalized spacial score (nSPS) is 15.6. The molecule has 2 heterocycles. The number of aryl methyl sites for hydroxylation is 1. The third-order valence-corrected chi connectivity index (χ3v) is 6.07. The van der Waals surface area contributed by atoms with Gasteiger partial charge in [-0.25, -0.2) is 4.98 Å². The van der Waals surface area contributed by atoms with Crippen molar-refractivity contribution in [3.8, 4) is 0 Å². The van der Waals surface area contributed by atoms with E-state index in [0.29, 0.717) is 0 Å². The van der Waals surface area contributed by atoms with E-state index < -0.39 is 0 Å². The van der Waals surface area contributed by atoms with Crippen molar-refractivity contribution in [3.05, 3.63) is 29.3 Å². The first-order valence-electron chi connectivity index (χ1n) is 9.60. The summed E-state index contributed by atoms with van der Waals surface area (Å²) in [5.41, 5.74) is 1.11. The highest BCUT2D eigenvalue weighted by Crippen LogP contribution is 2.22. The Balaban J connectivity index is 0.00000261. The van der Waals surface area contributed by atoms with Gasteiger partial charge < -0.3 is 15.0 Å². The van der Waals surface area contributed by atoms with Crippen molar-refractivity contribution in [2.75, 3.05) is 40.4 Å². The molecule has 0 radical (unpaired) electrons. The molecule has 1 fully saturated rings. The van der Waals surface area contributed by atoms with Crippen LogP contribution in [-0.2, 0) is 11.2 Å². The Morgan fingerprint density at radius 3 is 2.85 bits per heavy atom. The number of halogens is 1. The van der Waals surface area contributed by atoms with Crippen molar-refractivity contribution >= 4 is 51.5 Å². The maximum absolute atomic E-state index is 5.44. The second-order valence-electron chi connectivity index (χ2n) is 6.92. The fourth-order valence-corrected chi connectivity index (χ4v) is 4.38. The van der Waals surface area contributed by atoms with Gasteiger partial charge in [-0.05, 0) is 43.7 Å². The van der Waals surface area contributed by atoms with Gasteiger partial charge in [0.2, 0.25) is 0 Å². The number of aliphatic imine (C=N–C) groups is 1. The second-order valence-corrected chi connectivity index (χ2v) is 8.03. The van der Waals surface area contributed by atoms with Gasteiger partial charge in [0, 0.05) is 46.8 Å². The molecule has 27 heavy (non-hydrogen) atoms. The van der Waals surface area contributed by atoms with E-state index in [1.165, 1.54) is 29.0 Å². The first-order chi connectivity index (χ1) is 12.8. The first-order valence-corrected chi connectivity index (χ1v) is 10.4. The van der Waals surface area contributed by atoms with Crippen LogP contribution in [0.3, 0.4) is 0 Å². The minimum Gasteiger partial charge on any atom is -0.381 e. The molecule has 0 bridgehead atoms. The van der Waals surface area contributed by atoms with Gasteiger partial charge in [-0.3, -0.25) is 4.99 Å². The van der Waals surface area contributed by atoms with Crippen molar-refractivity contribution in [2.45, 2.75) is 32.1 Å². The third kappa shape index (κ3) is 6.87. The SMILES string of the molecule is CN=C(NCCCc1nc2ccccc2s1)N(C)CCC1CCOCC1.I. The number of aromatic nitrogens is 1. The molecule has 1 aliphatic rings. The number of ether oxygens (including phenoxy) is 1. The molecule has 0 saturated carbocycles. The highest BCUT2D eigenvalue weighted by atomic mass is 127. The van der Waals surface area contributed by atoms with Crippen LogP contribution < -0.4 is 5.32 Å². The van der Waals surface area contributed by atoms with E-state index >= 15 is 0 Å². The fraction of sp³-hybridized carbons (Fsp3) is 0.600. The summed E-state index contributed by atoms with van der Waals surface area (Å²) in [5, 5.41) is 4.71. The maximum Gasteiger partial charge on any atom is 0.193 e. The van der Waals surface area contributed by atoms with Crippen molar-refractivity contribution in [1.82, 2.24) is 15.2 Å². The standard InChI is InChI=1S/C20H30N4OS.HI/c1-21-20(24(2)13-9-16-10-14-25-15-11-16)22-12-5-8-19-23-17-6-3-4-7-18(17)26-19;/h3-4,6-7,16H,5,8-15H2,1-2H3,(H,21,22);1H. The third-order valence-electron chi connectivity index (χ3n) is 4.98. The first kappa shape index (κ1) is 22.4. The van der Waals surface area contributed by atoms with Gasteiger partial charge in [-0.15, -0.1) is 35.3 Å². The molecule has 2 aromatic rings. The van der Waals surface area contributed by atoms with E-state index in [4.69, 9.17) is 9.72 Å². The molecule has 1 aromatic carbocycles. The molecule has 1 saturated heterocycles. The zero-order chi connectivity index (χ0) is 18.2. The number of guanidine groups is 1. The minimum absolute atomic E-state index is 0. The summed E-state index contributed by atoms with van der Waals surface area (Å²) >= 11 is 1.80. The van der Waals surface area contributed by atoms with Gasteiger partial charge in [0.25, 0.3) is 0 Å². The summed E-state index contributed by atoms with van der Waals surface area (Å²) in [6.07, 6.45) is 5.68. The number of nitrogens with zero attached hydrogens (tertiary/aromatic N) is 3. The largest absolute Gasteiger partial charge is 0.381 e. The van der Waals surface area contributed by atoms with Crippen LogP contribution in [0.2, 0.25) is 0 Å². The molecule has 0 aliphatic carbocycles. The Morgan fingerprint density at radius 1 is 1.33 bits per heavy atom. The summed E-state index contributed by atoms with van der Waals surface area (Å²) in [7, 11) is 3.99. The molecule has 1 N–H and O–H groups in total. The lowest BCUT2D eigenvalue weighted by atomic mass is 9.96. The maximum atomic E-state index is 5.44. The zero-order valence-electron chi connectivity index (χ0n) is 16.3. The summed E-state index contributed by atoms with van der Waals surface area (Å²) < 4.78 is 6.72. The fourth-order valence-electron chi connectivity index (χ4n) is 3.37. The molecule has 0 amide bonds. The van der Waals surface area contributed by atoms with E-state index in [0.717, 1.165) is 56.5 Å². The Hall–Kier alpha value is -0.930. The average molecular weight is 502 g/mol. The second kappa shape index (κ2) is 11.8. The Bertz CT molecular complexity index is 682. The van der Waals surface area contributed by atoms with Crippen molar-refractivity contribution in [1.29, 1.82) is 0 Å². The van der Waals surface area contributed by atoms with Crippen LogP contribution in [0.25, 0.3) is 10.2 Å². The molecule has 1 aromatic heterocycles. The van der Waals surface area contributed by atoms with Crippen LogP contribution in [0, 0.1) is 5.92 Å². The van der Waals surface area contributed by atoms with E-state index in [2.05, 4.69) is 40.5 Å². The smallest absolute Gasteiger partial charge is 0.193 e. The Labute approximate surface area is 183 Å². The van der Waals surface area contributed by atoms with Crippen LogP contribution in [0.15, 0.2) is 29.3 Å². The quantitative estimate of drug-likeness (QED) is 0.267. The number of hydrogen-bond donors (Lipinski definition) is 1. The number of para-hydroxylation sites is 1. The lowest BCUT2D eigenvalue weighted by Gasteiger charge is -2.26. The molecule has 0 spiro atoms. The van der Waals surface area contributed by atoms with Crippen LogP contribution in [0.5, 0.6) is 0 Å². The predicted octanol–water partition coefficient (Wildman–Crippen LogP) is 4.17. The van der Waals surface area contributed by atoms with Crippen LogP contribution >= 0.6 is 35.3 Å². The summed E-state index contributed by atoms with van der Waals surface area (Å²) in [4.78, 5) is 11.4. The van der Waals surface area contributed by atoms with Gasteiger partial charge in [-0.2, -0.15) is 0 Å². The number of fused-ring (bicyclic) bond motifs is 1. The molecule has 0 atom stereocenters. The molecule has 1 aliphatic heterocycles. The number of rotatable bonds is 7. The topological polar surface area (TPSA) is 49.8 Å². The predicted molar refractivity (Wildman–Crippen MR) is 126 cm³/mol. The highest BCUT2D eigenvalue weighted by molar-refractivity contribution is 14.0. The van der Waals surface area contributed by atoms with Crippen LogP contribution in [0.4, 0.5) is 0 Å². The van der Waals surface area contributed by atoms with E-state index in [9.17, 15) is 0 Å². The van der Waals surface area contributed by atoms with Gasteiger partial charge >= 0.3 is 0 Å². The molecule has 150 valence electrons. The van der Waals surface area contributed by atoms with Crippen LogP contribution in [0.1, 0.15) is 30.7 Å². The molecule has 0 unspecified atom stereocenters. The monoisotopic (exact) mass is 502 g/mol. The Kier molecular flexibility index (Phi) is 9.78. The van der Waals surface area contributed by atoms with E-state index in [1.54, 1.807) is 11.3 Å². The number of nitrogens with one attached hydrogen (secondary N) is 1.